The average Bonchev–Trinajstić information content (AvgIpc) is 2.55. The maximum absolute atomic E-state index is 10.7. The summed E-state index contributed by atoms with van der Waals surface area (Å²) in [6.07, 6.45) is 3.34. The molecule has 0 saturated heterocycles. The van der Waals surface area contributed by atoms with Gasteiger partial charge in [0.2, 0.25) is 0 Å². The van der Waals surface area contributed by atoms with Crippen molar-refractivity contribution in [1.29, 1.82) is 0 Å². The van der Waals surface area contributed by atoms with Gasteiger partial charge in [0.15, 0.2) is 0 Å². The van der Waals surface area contributed by atoms with Gasteiger partial charge in [0, 0.05) is 18.2 Å². The second-order valence-electron chi connectivity index (χ2n) is 5.34. The molecule has 104 valence electrons. The lowest BCUT2D eigenvalue weighted by molar-refractivity contribution is -0.108. The molecule has 0 spiro atoms. The van der Waals surface area contributed by atoms with Crippen molar-refractivity contribution in [2.24, 2.45) is 0 Å². The van der Waals surface area contributed by atoms with Gasteiger partial charge in [-0.05, 0) is 40.5 Å². The van der Waals surface area contributed by atoms with E-state index >= 15 is 0 Å². The molecular weight excluding hydrogens is 258 g/mol. The van der Waals surface area contributed by atoms with Gasteiger partial charge in [-0.3, -0.25) is 4.98 Å². The summed E-state index contributed by atoms with van der Waals surface area (Å²) in [4.78, 5) is 15.1. The first-order valence-electron chi connectivity index (χ1n) is 7.16. The monoisotopic (exact) mass is 275 g/mol. The Bertz CT molecular complexity index is 779. The zero-order valence-corrected chi connectivity index (χ0v) is 12.0. The topological polar surface area (TPSA) is 30.0 Å². The van der Waals surface area contributed by atoms with Crippen LogP contribution in [0.4, 0.5) is 0 Å². The van der Waals surface area contributed by atoms with Crippen molar-refractivity contribution in [3.63, 3.8) is 0 Å². The van der Waals surface area contributed by atoms with Gasteiger partial charge >= 0.3 is 0 Å². The summed E-state index contributed by atoms with van der Waals surface area (Å²) in [5.74, 6) is 0.227. The Kier molecular flexibility index (Phi) is 3.78. The van der Waals surface area contributed by atoms with Crippen molar-refractivity contribution >= 4 is 17.1 Å². The van der Waals surface area contributed by atoms with Crippen molar-refractivity contribution in [3.8, 4) is 11.3 Å². The van der Waals surface area contributed by atoms with E-state index in [4.69, 9.17) is 0 Å². The van der Waals surface area contributed by atoms with E-state index in [1.165, 1.54) is 10.8 Å². The van der Waals surface area contributed by atoms with Crippen LogP contribution >= 0.6 is 0 Å². The number of rotatable bonds is 4. The minimum absolute atomic E-state index is 0.227. The van der Waals surface area contributed by atoms with E-state index in [-0.39, 0.29) is 5.92 Å². The summed E-state index contributed by atoms with van der Waals surface area (Å²) in [6, 6.07) is 18.7. The van der Waals surface area contributed by atoms with Crippen molar-refractivity contribution in [2.75, 3.05) is 0 Å². The third-order valence-electron chi connectivity index (χ3n) is 3.85. The first-order valence-corrected chi connectivity index (χ1v) is 7.16. The van der Waals surface area contributed by atoms with Crippen LogP contribution in [0.2, 0.25) is 0 Å². The quantitative estimate of drug-likeness (QED) is 0.652. The van der Waals surface area contributed by atoms with Crippen molar-refractivity contribution in [1.82, 2.24) is 4.98 Å². The summed E-state index contributed by atoms with van der Waals surface area (Å²) < 4.78 is 0. The number of nitrogens with zero attached hydrogens (tertiary/aromatic N) is 1. The SMILES string of the molecule is CC(CC=O)c1ccnc(-c2ccc3ccccc3c2)c1. The van der Waals surface area contributed by atoms with Crippen molar-refractivity contribution in [3.05, 3.63) is 66.4 Å². The summed E-state index contributed by atoms with van der Waals surface area (Å²) >= 11 is 0. The molecule has 0 saturated carbocycles. The molecule has 3 rings (SSSR count). The molecule has 0 fully saturated rings. The summed E-state index contributed by atoms with van der Waals surface area (Å²) in [6.45, 7) is 2.06. The predicted molar refractivity (Wildman–Crippen MR) is 86.3 cm³/mol. The van der Waals surface area contributed by atoms with Gasteiger partial charge in [0.05, 0.1) is 5.69 Å². The van der Waals surface area contributed by atoms with Crippen LogP contribution < -0.4 is 0 Å². The number of aromatic nitrogens is 1. The largest absolute Gasteiger partial charge is 0.303 e. The molecule has 1 unspecified atom stereocenters. The number of fused-ring (bicyclic) bond motifs is 1. The smallest absolute Gasteiger partial charge is 0.120 e. The average molecular weight is 275 g/mol. The minimum atomic E-state index is 0.227. The van der Waals surface area contributed by atoms with E-state index in [1.807, 2.05) is 24.4 Å². The molecule has 1 atom stereocenters. The standard InChI is InChI=1S/C19H17NO/c1-14(9-11-21)16-8-10-20-19(13-16)18-7-6-15-4-2-3-5-17(15)12-18/h2-8,10-14H,9H2,1H3. The van der Waals surface area contributed by atoms with Crippen LogP contribution in [-0.2, 0) is 4.79 Å². The van der Waals surface area contributed by atoms with E-state index in [1.54, 1.807) is 0 Å². The molecule has 0 N–H and O–H groups in total. The fourth-order valence-corrected chi connectivity index (χ4v) is 2.54. The number of benzene rings is 2. The fraction of sp³-hybridized carbons (Fsp3) is 0.158. The molecule has 1 heterocycles. The molecule has 3 aromatic rings. The second-order valence-corrected chi connectivity index (χ2v) is 5.34. The summed E-state index contributed by atoms with van der Waals surface area (Å²) in [5.41, 5.74) is 3.21. The molecular formula is C19H17NO. The zero-order valence-electron chi connectivity index (χ0n) is 12.0. The Hall–Kier alpha value is -2.48. The van der Waals surface area contributed by atoms with Gasteiger partial charge in [0.25, 0.3) is 0 Å². The van der Waals surface area contributed by atoms with Crippen molar-refractivity contribution < 1.29 is 4.79 Å². The van der Waals surface area contributed by atoms with Crippen LogP contribution in [0, 0.1) is 0 Å². The summed E-state index contributed by atoms with van der Waals surface area (Å²) in [7, 11) is 0. The molecule has 0 aliphatic carbocycles. The number of pyridine rings is 1. The molecule has 0 bridgehead atoms. The van der Waals surface area contributed by atoms with Crippen LogP contribution in [0.15, 0.2) is 60.8 Å². The lowest BCUT2D eigenvalue weighted by Gasteiger charge is -2.10. The van der Waals surface area contributed by atoms with E-state index in [9.17, 15) is 4.79 Å². The molecule has 2 aromatic carbocycles. The first-order chi connectivity index (χ1) is 10.3. The predicted octanol–water partition coefficient (Wildman–Crippen LogP) is 4.59. The lowest BCUT2D eigenvalue weighted by atomic mass is 9.97. The number of carbonyl (C=O) groups is 1. The van der Waals surface area contributed by atoms with Gasteiger partial charge in [-0.2, -0.15) is 0 Å². The Balaban J connectivity index is 2.01. The zero-order chi connectivity index (χ0) is 14.7. The first kappa shape index (κ1) is 13.5. The van der Waals surface area contributed by atoms with Gasteiger partial charge < -0.3 is 4.79 Å². The molecule has 0 aliphatic rings. The van der Waals surface area contributed by atoms with Crippen molar-refractivity contribution in [2.45, 2.75) is 19.3 Å². The Morgan fingerprint density at radius 3 is 2.67 bits per heavy atom. The molecule has 1 aromatic heterocycles. The van der Waals surface area contributed by atoms with Crippen LogP contribution in [-0.4, -0.2) is 11.3 Å². The van der Waals surface area contributed by atoms with E-state index < -0.39 is 0 Å². The number of aldehydes is 1. The highest BCUT2D eigenvalue weighted by molar-refractivity contribution is 5.86. The molecule has 0 radical (unpaired) electrons. The van der Waals surface area contributed by atoms with Crippen LogP contribution in [0.5, 0.6) is 0 Å². The maximum Gasteiger partial charge on any atom is 0.120 e. The number of hydrogen-bond acceptors (Lipinski definition) is 2. The third kappa shape index (κ3) is 2.84. The van der Waals surface area contributed by atoms with Crippen LogP contribution in [0.1, 0.15) is 24.8 Å². The highest BCUT2D eigenvalue weighted by Gasteiger charge is 2.07. The van der Waals surface area contributed by atoms with Gasteiger partial charge in [-0.1, -0.05) is 43.3 Å². The van der Waals surface area contributed by atoms with Gasteiger partial charge in [-0.15, -0.1) is 0 Å². The highest BCUT2D eigenvalue weighted by atomic mass is 16.1. The highest BCUT2D eigenvalue weighted by Crippen LogP contribution is 2.26. The fourth-order valence-electron chi connectivity index (χ4n) is 2.54. The van der Waals surface area contributed by atoms with E-state index in [0.29, 0.717) is 6.42 Å². The lowest BCUT2D eigenvalue weighted by Crippen LogP contribution is -1.96. The van der Waals surface area contributed by atoms with E-state index in [0.717, 1.165) is 23.1 Å². The normalized spacial score (nSPS) is 12.2. The van der Waals surface area contributed by atoms with E-state index in [2.05, 4.69) is 48.3 Å². The van der Waals surface area contributed by atoms with Gasteiger partial charge in [-0.25, -0.2) is 0 Å². The molecule has 0 amide bonds. The Morgan fingerprint density at radius 1 is 1.05 bits per heavy atom. The molecule has 0 aliphatic heterocycles. The minimum Gasteiger partial charge on any atom is -0.303 e. The Labute approximate surface area is 124 Å². The number of hydrogen-bond donors (Lipinski definition) is 0. The summed E-state index contributed by atoms with van der Waals surface area (Å²) in [5, 5.41) is 2.44. The van der Waals surface area contributed by atoms with Crippen LogP contribution in [0.3, 0.4) is 0 Å². The van der Waals surface area contributed by atoms with Crippen LogP contribution in [0.25, 0.3) is 22.0 Å². The molecule has 21 heavy (non-hydrogen) atoms. The third-order valence-corrected chi connectivity index (χ3v) is 3.85. The maximum atomic E-state index is 10.7. The van der Waals surface area contributed by atoms with Gasteiger partial charge in [0.1, 0.15) is 6.29 Å². The number of carbonyl (C=O) groups excluding carboxylic acids is 1. The second kappa shape index (κ2) is 5.88. The Morgan fingerprint density at radius 2 is 1.86 bits per heavy atom. The molecule has 2 nitrogen and oxygen atoms in total. The molecule has 2 heteroatoms.